The lowest BCUT2D eigenvalue weighted by Gasteiger charge is -2.04. The molecule has 0 unspecified atom stereocenters. The molecule has 1 saturated carbocycles. The van der Waals surface area contributed by atoms with Gasteiger partial charge in [0.1, 0.15) is 0 Å². The van der Waals surface area contributed by atoms with Crippen molar-refractivity contribution in [3.05, 3.63) is 35.4 Å². The minimum absolute atomic E-state index is 0.607. The highest BCUT2D eigenvalue weighted by Gasteiger charge is 2.19. The second kappa shape index (κ2) is 5.53. The van der Waals surface area contributed by atoms with E-state index in [1.807, 2.05) is 0 Å². The van der Waals surface area contributed by atoms with Gasteiger partial charge in [0, 0.05) is 12.4 Å². The van der Waals surface area contributed by atoms with E-state index in [1.54, 1.807) is 0 Å². The summed E-state index contributed by atoms with van der Waals surface area (Å²) in [5, 5.41) is 3.48. The predicted octanol–water partition coefficient (Wildman–Crippen LogP) is 3.32. The third-order valence-electron chi connectivity index (χ3n) is 2.93. The van der Waals surface area contributed by atoms with Crippen LogP contribution in [0, 0.1) is 5.92 Å². The summed E-state index contributed by atoms with van der Waals surface area (Å²) >= 11 is 5.73. The van der Waals surface area contributed by atoms with E-state index in [4.69, 9.17) is 11.6 Å². The van der Waals surface area contributed by atoms with Crippen LogP contribution in [0.25, 0.3) is 0 Å². The van der Waals surface area contributed by atoms with Crippen LogP contribution >= 0.6 is 11.6 Å². The highest BCUT2D eigenvalue weighted by atomic mass is 35.5. The molecule has 0 bridgehead atoms. The van der Waals surface area contributed by atoms with Crippen molar-refractivity contribution in [2.24, 2.45) is 5.92 Å². The molecule has 1 aliphatic rings. The molecule has 82 valence electrons. The lowest BCUT2D eigenvalue weighted by molar-refractivity contribution is 0.613. The molecule has 0 radical (unpaired) electrons. The Kier molecular flexibility index (Phi) is 4.04. The first-order valence-corrected chi connectivity index (χ1v) is 6.26. The van der Waals surface area contributed by atoms with Crippen molar-refractivity contribution in [3.8, 4) is 0 Å². The third kappa shape index (κ3) is 3.84. The van der Waals surface area contributed by atoms with E-state index in [2.05, 4.69) is 29.6 Å². The normalized spacial score (nSPS) is 15.5. The molecule has 2 rings (SSSR count). The van der Waals surface area contributed by atoms with E-state index in [0.717, 1.165) is 19.0 Å². The van der Waals surface area contributed by atoms with Gasteiger partial charge in [-0.1, -0.05) is 37.1 Å². The molecule has 1 aliphatic carbocycles. The summed E-state index contributed by atoms with van der Waals surface area (Å²) in [4.78, 5) is 0. The first kappa shape index (κ1) is 11.0. The van der Waals surface area contributed by atoms with Gasteiger partial charge in [-0.05, 0) is 30.0 Å². The molecule has 2 heteroatoms. The van der Waals surface area contributed by atoms with Crippen molar-refractivity contribution < 1.29 is 0 Å². The summed E-state index contributed by atoms with van der Waals surface area (Å²) in [5.41, 5.74) is 2.54. The molecule has 0 heterocycles. The van der Waals surface area contributed by atoms with Gasteiger partial charge < -0.3 is 5.32 Å². The van der Waals surface area contributed by atoms with Gasteiger partial charge in [0.2, 0.25) is 0 Å². The standard InChI is InChI=1S/C13H18ClN/c14-9-12-3-5-13(6-4-12)10-15-8-7-11-1-2-11/h3-6,11,15H,1-2,7-10H2. The fourth-order valence-electron chi connectivity index (χ4n) is 1.69. The van der Waals surface area contributed by atoms with Gasteiger partial charge in [-0.2, -0.15) is 0 Å². The third-order valence-corrected chi connectivity index (χ3v) is 3.24. The van der Waals surface area contributed by atoms with E-state index in [9.17, 15) is 0 Å². The van der Waals surface area contributed by atoms with Crippen LogP contribution in [0.1, 0.15) is 30.4 Å². The predicted molar refractivity (Wildman–Crippen MR) is 65.0 cm³/mol. The van der Waals surface area contributed by atoms with Gasteiger partial charge in [-0.15, -0.1) is 11.6 Å². The number of rotatable bonds is 6. The van der Waals surface area contributed by atoms with Crippen LogP contribution in [-0.4, -0.2) is 6.54 Å². The Balaban J connectivity index is 1.67. The molecule has 0 spiro atoms. The zero-order chi connectivity index (χ0) is 10.5. The molecule has 1 nitrogen and oxygen atoms in total. The van der Waals surface area contributed by atoms with Crippen molar-refractivity contribution >= 4 is 11.6 Å². The van der Waals surface area contributed by atoms with Gasteiger partial charge in [0.05, 0.1) is 0 Å². The van der Waals surface area contributed by atoms with Gasteiger partial charge in [0.15, 0.2) is 0 Å². The van der Waals surface area contributed by atoms with Crippen LogP contribution in [0.4, 0.5) is 0 Å². The topological polar surface area (TPSA) is 12.0 Å². The lowest BCUT2D eigenvalue weighted by Crippen LogP contribution is -2.15. The molecule has 0 saturated heterocycles. The lowest BCUT2D eigenvalue weighted by atomic mass is 10.1. The van der Waals surface area contributed by atoms with Gasteiger partial charge in [-0.25, -0.2) is 0 Å². The van der Waals surface area contributed by atoms with Gasteiger partial charge in [0.25, 0.3) is 0 Å². The largest absolute Gasteiger partial charge is 0.313 e. The Morgan fingerprint density at radius 2 is 1.80 bits per heavy atom. The number of halogens is 1. The molecule has 1 N–H and O–H groups in total. The molecule has 0 amide bonds. The number of nitrogens with one attached hydrogen (secondary N) is 1. The summed E-state index contributed by atoms with van der Waals surface area (Å²) in [7, 11) is 0. The number of benzene rings is 1. The zero-order valence-electron chi connectivity index (χ0n) is 9.01. The van der Waals surface area contributed by atoms with E-state index < -0.39 is 0 Å². The molecular formula is C13H18ClN. The van der Waals surface area contributed by atoms with E-state index >= 15 is 0 Å². The molecule has 15 heavy (non-hydrogen) atoms. The fraction of sp³-hybridized carbons (Fsp3) is 0.538. The maximum atomic E-state index is 5.73. The molecule has 1 aromatic carbocycles. The molecule has 1 aromatic rings. The summed E-state index contributed by atoms with van der Waals surface area (Å²) in [6.45, 7) is 2.14. The van der Waals surface area contributed by atoms with Crippen LogP contribution < -0.4 is 5.32 Å². The average Bonchev–Trinajstić information content (AvgIpc) is 3.09. The van der Waals surface area contributed by atoms with E-state index in [1.165, 1.54) is 30.4 Å². The minimum atomic E-state index is 0.607. The van der Waals surface area contributed by atoms with Crippen molar-refractivity contribution in [3.63, 3.8) is 0 Å². The molecule has 1 fully saturated rings. The Bertz CT molecular complexity index is 290. The summed E-state index contributed by atoms with van der Waals surface area (Å²) < 4.78 is 0. The number of hydrogen-bond donors (Lipinski definition) is 1. The molecule has 0 aliphatic heterocycles. The second-order valence-corrected chi connectivity index (χ2v) is 4.63. The Morgan fingerprint density at radius 1 is 1.13 bits per heavy atom. The Labute approximate surface area is 96.8 Å². The summed E-state index contributed by atoms with van der Waals surface area (Å²) in [5.74, 6) is 1.63. The first-order valence-electron chi connectivity index (χ1n) is 5.73. The molecule has 0 aromatic heterocycles. The van der Waals surface area contributed by atoms with Crippen LogP contribution in [0.2, 0.25) is 0 Å². The first-order chi connectivity index (χ1) is 7.38. The highest BCUT2D eigenvalue weighted by Crippen LogP contribution is 2.31. The monoisotopic (exact) mass is 223 g/mol. The van der Waals surface area contributed by atoms with Crippen LogP contribution in [0.15, 0.2) is 24.3 Å². The summed E-state index contributed by atoms with van der Waals surface area (Å²) in [6, 6.07) is 8.51. The van der Waals surface area contributed by atoms with Crippen LogP contribution in [0.3, 0.4) is 0 Å². The Morgan fingerprint density at radius 3 is 2.40 bits per heavy atom. The van der Waals surface area contributed by atoms with Gasteiger partial charge in [-0.3, -0.25) is 0 Å². The number of alkyl halides is 1. The van der Waals surface area contributed by atoms with Crippen LogP contribution in [0.5, 0.6) is 0 Å². The van der Waals surface area contributed by atoms with Crippen molar-refractivity contribution in [2.45, 2.75) is 31.7 Å². The number of hydrogen-bond acceptors (Lipinski definition) is 1. The van der Waals surface area contributed by atoms with Crippen molar-refractivity contribution in [2.75, 3.05) is 6.54 Å². The van der Waals surface area contributed by atoms with E-state index in [-0.39, 0.29) is 0 Å². The molecular weight excluding hydrogens is 206 g/mol. The van der Waals surface area contributed by atoms with E-state index in [0.29, 0.717) is 5.88 Å². The highest BCUT2D eigenvalue weighted by molar-refractivity contribution is 6.17. The maximum absolute atomic E-state index is 5.73. The SMILES string of the molecule is ClCc1ccc(CNCCC2CC2)cc1. The van der Waals surface area contributed by atoms with Crippen molar-refractivity contribution in [1.82, 2.24) is 5.32 Å². The van der Waals surface area contributed by atoms with Crippen molar-refractivity contribution in [1.29, 1.82) is 0 Å². The zero-order valence-corrected chi connectivity index (χ0v) is 9.76. The minimum Gasteiger partial charge on any atom is -0.313 e. The maximum Gasteiger partial charge on any atom is 0.0474 e. The quantitative estimate of drug-likeness (QED) is 0.576. The average molecular weight is 224 g/mol. The second-order valence-electron chi connectivity index (χ2n) is 4.36. The van der Waals surface area contributed by atoms with Gasteiger partial charge >= 0.3 is 0 Å². The smallest absolute Gasteiger partial charge is 0.0474 e. The Hall–Kier alpha value is -0.530. The fourth-order valence-corrected chi connectivity index (χ4v) is 1.87. The van der Waals surface area contributed by atoms with Crippen LogP contribution in [-0.2, 0) is 12.4 Å². The summed E-state index contributed by atoms with van der Waals surface area (Å²) in [6.07, 6.45) is 4.25. The molecule has 0 atom stereocenters.